The minimum absolute atomic E-state index is 0.0687. The summed E-state index contributed by atoms with van der Waals surface area (Å²) >= 11 is 3.72. The van der Waals surface area contributed by atoms with Gasteiger partial charge >= 0.3 is 0 Å². The Labute approximate surface area is 439 Å². The quantitative estimate of drug-likeness (QED) is 0.135. The fraction of sp³-hybridized carbons (Fsp3) is 0.0435. The van der Waals surface area contributed by atoms with Gasteiger partial charge in [-0.25, -0.2) is 0 Å². The number of hydrogen-bond acceptors (Lipinski definition) is 5. The van der Waals surface area contributed by atoms with E-state index in [1.54, 1.807) is 0 Å². The summed E-state index contributed by atoms with van der Waals surface area (Å²) in [7, 11) is 0. The van der Waals surface area contributed by atoms with Gasteiger partial charge in [-0.1, -0.05) is 153 Å². The summed E-state index contributed by atoms with van der Waals surface area (Å²) in [6.07, 6.45) is 0. The lowest BCUT2D eigenvalue weighted by Crippen LogP contribution is -2.15. The zero-order valence-corrected chi connectivity index (χ0v) is 42.6. The van der Waals surface area contributed by atoms with Crippen LogP contribution in [-0.4, -0.2) is 0 Å². The molecule has 5 heteroatoms. The first-order chi connectivity index (χ1) is 36.4. The number of benzene rings is 11. The molecular weight excluding hydrogens is 935 g/mol. The lowest BCUT2D eigenvalue weighted by atomic mass is 9.82. The first kappa shape index (κ1) is 44.0. The van der Waals surface area contributed by atoms with Crippen molar-refractivity contribution in [2.24, 2.45) is 0 Å². The van der Waals surface area contributed by atoms with E-state index in [-0.39, 0.29) is 5.41 Å². The third-order valence-corrected chi connectivity index (χ3v) is 17.3. The van der Waals surface area contributed by atoms with Crippen LogP contribution in [0.15, 0.2) is 261 Å². The van der Waals surface area contributed by atoms with Gasteiger partial charge in [-0.15, -0.1) is 22.7 Å². The van der Waals surface area contributed by atoms with Crippen molar-refractivity contribution >= 4 is 114 Å². The van der Waals surface area contributed by atoms with Crippen LogP contribution in [0.1, 0.15) is 25.0 Å². The third-order valence-electron chi connectivity index (χ3n) is 15.0. The zero-order valence-electron chi connectivity index (χ0n) is 41.0. The number of para-hydroxylation sites is 3. The maximum Gasteiger partial charge on any atom is 0.0476 e. The molecule has 11 aromatic carbocycles. The molecule has 0 radical (unpaired) electrons. The molecule has 352 valence electrons. The Hall–Kier alpha value is -8.74. The van der Waals surface area contributed by atoms with Crippen molar-refractivity contribution < 1.29 is 0 Å². The van der Waals surface area contributed by atoms with Gasteiger partial charge in [0.15, 0.2) is 0 Å². The van der Waals surface area contributed by atoms with Crippen molar-refractivity contribution in [3.05, 3.63) is 272 Å². The van der Waals surface area contributed by atoms with E-state index < -0.39 is 0 Å². The second-order valence-corrected chi connectivity index (χ2v) is 21.9. The Morgan fingerprint density at radius 1 is 0.257 bits per heavy atom. The van der Waals surface area contributed by atoms with Gasteiger partial charge in [0.25, 0.3) is 0 Å². The monoisotopic (exact) mass is 983 g/mol. The fourth-order valence-corrected chi connectivity index (χ4v) is 13.7. The van der Waals surface area contributed by atoms with E-state index in [2.05, 4.69) is 289 Å². The van der Waals surface area contributed by atoms with Gasteiger partial charge in [-0.3, -0.25) is 0 Å². The minimum atomic E-state index is -0.0687. The van der Waals surface area contributed by atoms with Crippen LogP contribution in [0.25, 0.3) is 62.6 Å². The molecule has 0 saturated carbocycles. The highest BCUT2D eigenvalue weighted by atomic mass is 32.1. The summed E-state index contributed by atoms with van der Waals surface area (Å²) in [6, 6.07) is 95.7. The van der Waals surface area contributed by atoms with Gasteiger partial charge in [0.05, 0.1) is 0 Å². The summed E-state index contributed by atoms with van der Waals surface area (Å²) in [5.74, 6) is 0. The van der Waals surface area contributed by atoms with Gasteiger partial charge in [-0.05, 0) is 155 Å². The molecule has 0 saturated heterocycles. The molecule has 2 heterocycles. The summed E-state index contributed by atoms with van der Waals surface area (Å²) in [5.41, 5.74) is 17.9. The Kier molecular flexibility index (Phi) is 10.6. The zero-order chi connectivity index (χ0) is 49.3. The van der Waals surface area contributed by atoms with Crippen molar-refractivity contribution in [3.8, 4) is 22.3 Å². The van der Waals surface area contributed by atoms with Gasteiger partial charge < -0.3 is 14.7 Å². The number of thiophene rings is 2. The van der Waals surface area contributed by atoms with Gasteiger partial charge in [0, 0.05) is 96.9 Å². The second-order valence-electron chi connectivity index (χ2n) is 19.8. The van der Waals surface area contributed by atoms with E-state index in [0.717, 1.165) is 51.2 Å². The summed E-state index contributed by atoms with van der Waals surface area (Å²) in [4.78, 5) is 7.18. The topological polar surface area (TPSA) is 9.72 Å². The molecule has 1 aliphatic rings. The van der Waals surface area contributed by atoms with Gasteiger partial charge in [0.1, 0.15) is 0 Å². The molecule has 0 spiro atoms. The van der Waals surface area contributed by atoms with E-state index in [1.165, 1.54) is 73.7 Å². The number of nitrogens with zero attached hydrogens (tertiary/aromatic N) is 3. The molecule has 2 aromatic heterocycles. The second kappa shape index (κ2) is 17.8. The van der Waals surface area contributed by atoms with Crippen LogP contribution in [0.2, 0.25) is 0 Å². The predicted octanol–water partition coefficient (Wildman–Crippen LogP) is 20.8. The highest BCUT2D eigenvalue weighted by Gasteiger charge is 2.35. The van der Waals surface area contributed by atoms with Crippen LogP contribution >= 0.6 is 22.7 Å². The molecule has 3 nitrogen and oxygen atoms in total. The van der Waals surface area contributed by atoms with E-state index in [4.69, 9.17) is 0 Å². The average Bonchev–Trinajstić information content (AvgIpc) is 4.09. The summed E-state index contributed by atoms with van der Waals surface area (Å²) < 4.78 is 5.04. The normalized spacial score (nSPS) is 12.6. The molecule has 0 aliphatic heterocycles. The molecule has 14 rings (SSSR count). The SMILES string of the molecule is CC1(C)c2ccccc2-c2cc(N(c3ccc(-c4ccccc4)cc3)c3ccc4sc5cc(N(c6ccccc6)c6ccc7c(c6)sc6ccc(N(c8ccccc8)c8ccccc8)cc67)ccc5c4c3)ccc21. The molecule has 0 N–H and O–H groups in total. The van der Waals surface area contributed by atoms with Crippen molar-refractivity contribution in [1.29, 1.82) is 0 Å². The van der Waals surface area contributed by atoms with E-state index in [0.29, 0.717) is 0 Å². The third kappa shape index (κ3) is 7.46. The number of anilines is 9. The maximum absolute atomic E-state index is 2.44. The van der Waals surface area contributed by atoms with Crippen molar-refractivity contribution in [1.82, 2.24) is 0 Å². The molecule has 0 unspecified atom stereocenters. The van der Waals surface area contributed by atoms with Crippen LogP contribution in [0.4, 0.5) is 51.2 Å². The first-order valence-electron chi connectivity index (χ1n) is 25.3. The largest absolute Gasteiger partial charge is 0.310 e. The Morgan fingerprint density at radius 2 is 0.622 bits per heavy atom. The van der Waals surface area contributed by atoms with E-state index in [1.807, 2.05) is 22.7 Å². The molecule has 74 heavy (non-hydrogen) atoms. The molecule has 0 fully saturated rings. The minimum Gasteiger partial charge on any atom is -0.310 e. The molecule has 0 amide bonds. The molecular formula is C69H49N3S2. The Bertz CT molecular complexity index is 4180. The van der Waals surface area contributed by atoms with E-state index in [9.17, 15) is 0 Å². The molecule has 0 atom stereocenters. The summed E-state index contributed by atoms with van der Waals surface area (Å²) in [6.45, 7) is 4.70. The molecule has 13 aromatic rings. The highest BCUT2D eigenvalue weighted by Crippen LogP contribution is 2.52. The lowest BCUT2D eigenvalue weighted by molar-refractivity contribution is 0.660. The summed E-state index contributed by atoms with van der Waals surface area (Å²) in [5, 5.41) is 5.03. The van der Waals surface area contributed by atoms with Crippen LogP contribution in [-0.2, 0) is 5.41 Å². The van der Waals surface area contributed by atoms with Crippen LogP contribution in [0, 0.1) is 0 Å². The highest BCUT2D eigenvalue weighted by molar-refractivity contribution is 7.26. The van der Waals surface area contributed by atoms with Gasteiger partial charge in [-0.2, -0.15) is 0 Å². The Balaban J connectivity index is 0.855. The van der Waals surface area contributed by atoms with E-state index >= 15 is 0 Å². The number of fused-ring (bicyclic) bond motifs is 9. The number of hydrogen-bond donors (Lipinski definition) is 0. The van der Waals surface area contributed by atoms with Crippen LogP contribution in [0.5, 0.6) is 0 Å². The van der Waals surface area contributed by atoms with Crippen LogP contribution < -0.4 is 14.7 Å². The van der Waals surface area contributed by atoms with Gasteiger partial charge in [0.2, 0.25) is 0 Å². The molecule has 0 bridgehead atoms. The lowest BCUT2D eigenvalue weighted by Gasteiger charge is -2.27. The van der Waals surface area contributed by atoms with Crippen molar-refractivity contribution in [3.63, 3.8) is 0 Å². The average molecular weight is 984 g/mol. The van der Waals surface area contributed by atoms with Crippen molar-refractivity contribution in [2.75, 3.05) is 14.7 Å². The maximum atomic E-state index is 2.44. The smallest absolute Gasteiger partial charge is 0.0476 e. The number of rotatable bonds is 10. The van der Waals surface area contributed by atoms with Crippen molar-refractivity contribution in [2.45, 2.75) is 19.3 Å². The Morgan fingerprint density at radius 3 is 1.15 bits per heavy atom. The predicted molar refractivity (Wildman–Crippen MR) is 319 cm³/mol. The standard InChI is InChI=1S/C69H49N3S2/c1-69(2)63-26-16-15-25-57(63)60-41-52(33-38-64(60)69)72(51-29-27-47(28-30-51)46-17-7-3-8-18-46)54-35-40-66-62(43-54)59-37-32-56(45-68(59)74-66)71(50-23-13-6-14-24-50)55-31-36-58-61-42-53(34-39-65(61)73-67(58)44-55)70(48-19-9-4-10-20-48)49-21-11-5-12-22-49/h3-45H,1-2H3. The first-order valence-corrected chi connectivity index (χ1v) is 26.9. The molecule has 1 aliphatic carbocycles. The fourth-order valence-electron chi connectivity index (χ4n) is 11.4. The van der Waals surface area contributed by atoms with Crippen LogP contribution in [0.3, 0.4) is 0 Å².